The van der Waals surface area contributed by atoms with E-state index in [1.165, 1.54) is 25.3 Å². The van der Waals surface area contributed by atoms with E-state index in [9.17, 15) is 9.59 Å². The number of nitrogens with one attached hydrogen (secondary N) is 1. The summed E-state index contributed by atoms with van der Waals surface area (Å²) in [6, 6.07) is 6.01. The SMILES string of the molecule is COC(=O)C1=C(C(=O)OC)N(c2ccc3c(c2)CCNC3)C=CC=C1. The standard InChI is InChI=1S/C19H20N2O4/c1-24-18(22)16-5-3-4-10-21(17(16)19(23)25-2)15-7-6-14-12-20-9-8-13(14)11-15/h3-7,10-11,20H,8-9,12H2,1-2H3. The molecule has 1 N–H and O–H groups in total. The number of fused-ring (bicyclic) bond motifs is 1. The van der Waals surface area contributed by atoms with E-state index < -0.39 is 11.9 Å². The second kappa shape index (κ2) is 7.36. The van der Waals surface area contributed by atoms with Gasteiger partial charge in [0.15, 0.2) is 0 Å². The van der Waals surface area contributed by atoms with Gasteiger partial charge in [-0.3, -0.25) is 0 Å². The van der Waals surface area contributed by atoms with E-state index in [0.29, 0.717) is 0 Å². The van der Waals surface area contributed by atoms with Crippen molar-refractivity contribution in [2.24, 2.45) is 0 Å². The maximum absolute atomic E-state index is 12.4. The Balaban J connectivity index is 2.12. The molecule has 1 aromatic rings. The van der Waals surface area contributed by atoms with E-state index in [2.05, 4.69) is 5.32 Å². The molecule has 0 amide bonds. The Morgan fingerprint density at radius 3 is 2.64 bits per heavy atom. The number of benzene rings is 1. The topological polar surface area (TPSA) is 67.9 Å². The highest BCUT2D eigenvalue weighted by Gasteiger charge is 2.27. The lowest BCUT2D eigenvalue weighted by Crippen LogP contribution is -2.28. The number of esters is 2. The average molecular weight is 340 g/mol. The Kier molecular flexibility index (Phi) is 5.00. The predicted octanol–water partition coefficient (Wildman–Crippen LogP) is 1.82. The normalized spacial score (nSPS) is 16.3. The molecule has 0 saturated heterocycles. The number of hydrogen-bond acceptors (Lipinski definition) is 6. The molecule has 0 aromatic heterocycles. The van der Waals surface area contributed by atoms with Gasteiger partial charge >= 0.3 is 11.9 Å². The minimum Gasteiger partial charge on any atom is -0.465 e. The first-order chi connectivity index (χ1) is 12.2. The zero-order valence-corrected chi connectivity index (χ0v) is 14.2. The summed E-state index contributed by atoms with van der Waals surface area (Å²) < 4.78 is 9.74. The van der Waals surface area contributed by atoms with Crippen LogP contribution in [-0.4, -0.2) is 32.7 Å². The molecular formula is C19H20N2O4. The Morgan fingerprint density at radius 2 is 1.88 bits per heavy atom. The molecule has 0 radical (unpaired) electrons. The summed E-state index contributed by atoms with van der Waals surface area (Å²) in [4.78, 5) is 26.2. The van der Waals surface area contributed by atoms with Gasteiger partial charge in [0, 0.05) is 18.4 Å². The van der Waals surface area contributed by atoms with Crippen LogP contribution in [-0.2, 0) is 32.0 Å². The second-order valence-corrected chi connectivity index (χ2v) is 5.70. The van der Waals surface area contributed by atoms with Gasteiger partial charge in [0.2, 0.25) is 0 Å². The highest BCUT2D eigenvalue weighted by molar-refractivity contribution is 6.05. The van der Waals surface area contributed by atoms with Crippen LogP contribution in [0.15, 0.2) is 53.9 Å². The first-order valence-corrected chi connectivity index (χ1v) is 8.03. The van der Waals surface area contributed by atoms with Crippen molar-refractivity contribution in [3.8, 4) is 0 Å². The lowest BCUT2D eigenvalue weighted by atomic mass is 10.00. The van der Waals surface area contributed by atoms with Gasteiger partial charge in [0.05, 0.1) is 19.8 Å². The fraction of sp³-hybridized carbons (Fsp3) is 0.263. The Morgan fingerprint density at radius 1 is 1.08 bits per heavy atom. The molecular weight excluding hydrogens is 320 g/mol. The third kappa shape index (κ3) is 3.34. The summed E-state index contributed by atoms with van der Waals surface area (Å²) in [5.74, 6) is -1.19. The van der Waals surface area contributed by atoms with Crippen LogP contribution < -0.4 is 10.2 Å². The molecule has 6 heteroatoms. The molecule has 2 aliphatic rings. The van der Waals surface area contributed by atoms with Gasteiger partial charge in [-0.05, 0) is 48.4 Å². The van der Waals surface area contributed by atoms with Crippen LogP contribution in [0.4, 0.5) is 5.69 Å². The Bertz CT molecular complexity index is 793. The molecule has 25 heavy (non-hydrogen) atoms. The lowest BCUT2D eigenvalue weighted by Gasteiger charge is -2.25. The third-order valence-corrected chi connectivity index (χ3v) is 4.24. The van der Waals surface area contributed by atoms with Crippen molar-refractivity contribution in [1.29, 1.82) is 0 Å². The summed E-state index contributed by atoms with van der Waals surface area (Å²) in [7, 11) is 2.58. The zero-order chi connectivity index (χ0) is 17.8. The number of methoxy groups -OCH3 is 2. The van der Waals surface area contributed by atoms with Crippen molar-refractivity contribution in [1.82, 2.24) is 5.32 Å². The van der Waals surface area contributed by atoms with Gasteiger partial charge in [-0.25, -0.2) is 9.59 Å². The van der Waals surface area contributed by atoms with Crippen molar-refractivity contribution in [2.75, 3.05) is 25.7 Å². The van der Waals surface area contributed by atoms with Crippen molar-refractivity contribution in [2.45, 2.75) is 13.0 Å². The number of anilines is 1. The molecule has 2 heterocycles. The van der Waals surface area contributed by atoms with Crippen LogP contribution >= 0.6 is 0 Å². The predicted molar refractivity (Wildman–Crippen MR) is 93.7 cm³/mol. The van der Waals surface area contributed by atoms with E-state index in [-0.39, 0.29) is 11.3 Å². The molecule has 0 spiro atoms. The third-order valence-electron chi connectivity index (χ3n) is 4.24. The molecule has 130 valence electrons. The number of nitrogens with zero attached hydrogens (tertiary/aromatic N) is 1. The largest absolute Gasteiger partial charge is 0.465 e. The lowest BCUT2D eigenvalue weighted by molar-refractivity contribution is -0.139. The number of allylic oxidation sites excluding steroid dienone is 2. The summed E-state index contributed by atoms with van der Waals surface area (Å²) >= 11 is 0. The van der Waals surface area contributed by atoms with Crippen molar-refractivity contribution in [3.63, 3.8) is 0 Å². The fourth-order valence-corrected chi connectivity index (χ4v) is 2.98. The van der Waals surface area contributed by atoms with Gasteiger partial charge in [-0.2, -0.15) is 0 Å². The molecule has 3 rings (SSSR count). The Hall–Kier alpha value is -2.86. The summed E-state index contributed by atoms with van der Waals surface area (Å²) in [6.45, 7) is 1.75. The molecule has 0 unspecified atom stereocenters. The molecule has 0 aliphatic carbocycles. The van der Waals surface area contributed by atoms with E-state index in [4.69, 9.17) is 9.47 Å². The van der Waals surface area contributed by atoms with Crippen molar-refractivity contribution >= 4 is 17.6 Å². The van der Waals surface area contributed by atoms with Crippen LogP contribution in [0.25, 0.3) is 0 Å². The van der Waals surface area contributed by atoms with Crippen LogP contribution in [0.5, 0.6) is 0 Å². The molecule has 0 saturated carbocycles. The van der Waals surface area contributed by atoms with E-state index in [1.807, 2.05) is 18.2 Å². The van der Waals surface area contributed by atoms with Gasteiger partial charge in [0.25, 0.3) is 0 Å². The molecule has 6 nitrogen and oxygen atoms in total. The van der Waals surface area contributed by atoms with E-state index in [0.717, 1.165) is 25.2 Å². The maximum atomic E-state index is 12.4. The second-order valence-electron chi connectivity index (χ2n) is 5.70. The number of carbonyl (C=O) groups excluding carboxylic acids is 2. The first-order valence-electron chi connectivity index (χ1n) is 8.03. The maximum Gasteiger partial charge on any atom is 0.355 e. The molecule has 0 fully saturated rings. The van der Waals surface area contributed by atoms with E-state index in [1.54, 1.807) is 29.3 Å². The number of ether oxygens (including phenoxy) is 2. The molecule has 1 aromatic carbocycles. The highest BCUT2D eigenvalue weighted by atomic mass is 16.5. The average Bonchev–Trinajstić information content (AvgIpc) is 2.89. The van der Waals surface area contributed by atoms with Crippen molar-refractivity contribution < 1.29 is 19.1 Å². The van der Waals surface area contributed by atoms with Crippen LogP contribution in [0.1, 0.15) is 11.1 Å². The number of carbonyl (C=O) groups is 2. The molecule has 0 atom stereocenters. The summed E-state index contributed by atoms with van der Waals surface area (Å²) in [6.07, 6.45) is 7.66. The summed E-state index contributed by atoms with van der Waals surface area (Å²) in [5.41, 5.74) is 3.55. The molecule has 0 bridgehead atoms. The highest BCUT2D eigenvalue weighted by Crippen LogP contribution is 2.29. The summed E-state index contributed by atoms with van der Waals surface area (Å²) in [5, 5.41) is 3.33. The quantitative estimate of drug-likeness (QED) is 0.847. The van der Waals surface area contributed by atoms with Gasteiger partial charge in [-0.1, -0.05) is 12.1 Å². The minimum absolute atomic E-state index is 0.133. The monoisotopic (exact) mass is 340 g/mol. The number of hydrogen-bond donors (Lipinski definition) is 1. The molecule has 2 aliphatic heterocycles. The Labute approximate surface area is 146 Å². The number of rotatable bonds is 3. The van der Waals surface area contributed by atoms with E-state index >= 15 is 0 Å². The van der Waals surface area contributed by atoms with Gasteiger partial charge in [0.1, 0.15) is 5.70 Å². The first kappa shape index (κ1) is 17.0. The van der Waals surface area contributed by atoms with Gasteiger partial charge in [-0.15, -0.1) is 0 Å². The van der Waals surface area contributed by atoms with Crippen molar-refractivity contribution in [3.05, 3.63) is 65.0 Å². The van der Waals surface area contributed by atoms with Crippen LogP contribution in [0.2, 0.25) is 0 Å². The van der Waals surface area contributed by atoms with Crippen LogP contribution in [0, 0.1) is 0 Å². The fourth-order valence-electron chi connectivity index (χ4n) is 2.98. The van der Waals surface area contributed by atoms with Crippen LogP contribution in [0.3, 0.4) is 0 Å². The minimum atomic E-state index is -0.601. The zero-order valence-electron chi connectivity index (χ0n) is 14.2. The smallest absolute Gasteiger partial charge is 0.355 e. The van der Waals surface area contributed by atoms with Gasteiger partial charge < -0.3 is 19.7 Å².